The Hall–Kier alpha value is -0.800. The fourth-order valence-corrected chi connectivity index (χ4v) is 2.66. The van der Waals surface area contributed by atoms with Crippen LogP contribution in [0.25, 0.3) is 0 Å². The summed E-state index contributed by atoms with van der Waals surface area (Å²) in [5.74, 6) is 0. The van der Waals surface area contributed by atoms with Gasteiger partial charge in [-0.3, -0.25) is 0 Å². The van der Waals surface area contributed by atoms with Gasteiger partial charge in [0.2, 0.25) is 0 Å². The van der Waals surface area contributed by atoms with Crippen LogP contribution in [0, 0.1) is 0 Å². The number of hydrogen-bond acceptors (Lipinski definition) is 2. The van der Waals surface area contributed by atoms with Gasteiger partial charge in [-0.25, -0.2) is 0 Å². The van der Waals surface area contributed by atoms with Crippen molar-refractivity contribution in [2.45, 2.75) is 45.7 Å². The highest BCUT2D eigenvalue weighted by Crippen LogP contribution is 2.07. The number of likely N-dealkylation sites (tertiary alicyclic amines) is 1. The summed E-state index contributed by atoms with van der Waals surface area (Å²) in [5.41, 5.74) is 1.41. The smallest absolute Gasteiger partial charge is 0.0220 e. The maximum atomic E-state index is 3.54. The van der Waals surface area contributed by atoms with E-state index in [1.807, 2.05) is 0 Å². The molecule has 102 valence electrons. The zero-order chi connectivity index (χ0) is 12.6. The van der Waals surface area contributed by atoms with Crippen LogP contribution < -0.4 is 5.32 Å². The van der Waals surface area contributed by atoms with E-state index in [1.165, 1.54) is 50.9 Å². The average molecular weight is 249 g/mol. The molecule has 3 heteroatoms. The Morgan fingerprint density at radius 1 is 1.22 bits per heavy atom. The molecule has 0 spiro atoms. The van der Waals surface area contributed by atoms with Gasteiger partial charge in [-0.15, -0.1) is 0 Å². The van der Waals surface area contributed by atoms with Crippen LogP contribution in [0.3, 0.4) is 0 Å². The predicted molar refractivity (Wildman–Crippen MR) is 76.7 cm³/mol. The van der Waals surface area contributed by atoms with Gasteiger partial charge in [0.05, 0.1) is 0 Å². The molecule has 1 aromatic heterocycles. The minimum Gasteiger partial charge on any atom is -0.354 e. The Labute approximate surface area is 111 Å². The fourth-order valence-electron chi connectivity index (χ4n) is 2.66. The molecule has 1 N–H and O–H groups in total. The second-order valence-electron chi connectivity index (χ2n) is 5.34. The van der Waals surface area contributed by atoms with E-state index in [-0.39, 0.29) is 0 Å². The van der Waals surface area contributed by atoms with Gasteiger partial charge in [-0.05, 0) is 63.5 Å². The van der Waals surface area contributed by atoms with Crippen LogP contribution in [0.2, 0.25) is 0 Å². The SMILES string of the molecule is CCCn1ccc(CNCCCN2CCCC2)c1. The Bertz CT molecular complexity index is 326. The normalized spacial score (nSPS) is 16.5. The number of nitrogens with one attached hydrogen (secondary N) is 1. The van der Waals surface area contributed by atoms with Gasteiger partial charge in [0.1, 0.15) is 0 Å². The first-order valence-corrected chi connectivity index (χ1v) is 7.46. The van der Waals surface area contributed by atoms with Gasteiger partial charge < -0.3 is 14.8 Å². The van der Waals surface area contributed by atoms with Crippen molar-refractivity contribution >= 4 is 0 Å². The lowest BCUT2D eigenvalue weighted by molar-refractivity contribution is 0.331. The minimum absolute atomic E-state index is 1.01. The highest BCUT2D eigenvalue weighted by Gasteiger charge is 2.09. The van der Waals surface area contributed by atoms with E-state index in [1.54, 1.807) is 0 Å². The standard InChI is InChI=1S/C15H27N3/c1-2-8-18-12-6-15(14-18)13-16-7-5-11-17-9-3-4-10-17/h6,12,14,16H,2-5,7-11,13H2,1H3. The molecule has 0 unspecified atom stereocenters. The lowest BCUT2D eigenvalue weighted by atomic mass is 10.3. The van der Waals surface area contributed by atoms with Crippen LogP contribution in [-0.2, 0) is 13.1 Å². The molecule has 0 bridgehead atoms. The molecule has 1 aromatic rings. The molecule has 2 heterocycles. The van der Waals surface area contributed by atoms with Gasteiger partial charge in [-0.1, -0.05) is 6.92 Å². The zero-order valence-electron chi connectivity index (χ0n) is 11.7. The van der Waals surface area contributed by atoms with Crippen LogP contribution in [0.1, 0.15) is 38.2 Å². The van der Waals surface area contributed by atoms with Gasteiger partial charge in [-0.2, -0.15) is 0 Å². The highest BCUT2D eigenvalue weighted by molar-refractivity contribution is 5.09. The van der Waals surface area contributed by atoms with Crippen LogP contribution in [0.5, 0.6) is 0 Å². The van der Waals surface area contributed by atoms with Crippen molar-refractivity contribution in [1.29, 1.82) is 0 Å². The molecular weight excluding hydrogens is 222 g/mol. The minimum atomic E-state index is 1.01. The maximum absolute atomic E-state index is 3.54. The Morgan fingerprint density at radius 3 is 2.83 bits per heavy atom. The van der Waals surface area contributed by atoms with E-state index in [9.17, 15) is 0 Å². The van der Waals surface area contributed by atoms with Crippen LogP contribution in [-0.4, -0.2) is 35.6 Å². The van der Waals surface area contributed by atoms with E-state index in [2.05, 4.69) is 40.2 Å². The van der Waals surface area contributed by atoms with Gasteiger partial charge in [0.15, 0.2) is 0 Å². The maximum Gasteiger partial charge on any atom is 0.0220 e. The highest BCUT2D eigenvalue weighted by atomic mass is 15.1. The van der Waals surface area contributed by atoms with Crippen molar-refractivity contribution in [2.75, 3.05) is 26.2 Å². The number of nitrogens with zero attached hydrogens (tertiary/aromatic N) is 2. The third-order valence-corrected chi connectivity index (χ3v) is 3.65. The molecule has 0 atom stereocenters. The second kappa shape index (κ2) is 7.59. The van der Waals surface area contributed by atoms with Crippen molar-refractivity contribution in [3.8, 4) is 0 Å². The summed E-state index contributed by atoms with van der Waals surface area (Å²) in [7, 11) is 0. The summed E-state index contributed by atoms with van der Waals surface area (Å²) in [5, 5.41) is 3.54. The van der Waals surface area contributed by atoms with E-state index >= 15 is 0 Å². The van der Waals surface area contributed by atoms with E-state index in [4.69, 9.17) is 0 Å². The fraction of sp³-hybridized carbons (Fsp3) is 0.733. The molecule has 0 aromatic carbocycles. The molecule has 0 aliphatic carbocycles. The monoisotopic (exact) mass is 249 g/mol. The molecule has 2 rings (SSSR count). The molecule has 0 amide bonds. The zero-order valence-corrected chi connectivity index (χ0v) is 11.7. The van der Waals surface area contributed by atoms with E-state index < -0.39 is 0 Å². The summed E-state index contributed by atoms with van der Waals surface area (Å²) in [6.07, 6.45) is 9.73. The first-order valence-electron chi connectivity index (χ1n) is 7.46. The molecule has 1 aliphatic rings. The molecule has 1 fully saturated rings. The quantitative estimate of drug-likeness (QED) is 0.714. The Balaban J connectivity index is 1.54. The first-order chi connectivity index (χ1) is 8.88. The Morgan fingerprint density at radius 2 is 2.06 bits per heavy atom. The number of aryl methyl sites for hydroxylation is 1. The lowest BCUT2D eigenvalue weighted by Crippen LogP contribution is -2.24. The summed E-state index contributed by atoms with van der Waals surface area (Å²) < 4.78 is 2.28. The molecule has 0 saturated carbocycles. The Kier molecular flexibility index (Phi) is 5.75. The summed E-state index contributed by atoms with van der Waals surface area (Å²) >= 11 is 0. The first kappa shape index (κ1) is 13.6. The van der Waals surface area contributed by atoms with Crippen molar-refractivity contribution in [2.24, 2.45) is 0 Å². The van der Waals surface area contributed by atoms with Crippen molar-refractivity contribution in [3.63, 3.8) is 0 Å². The van der Waals surface area contributed by atoms with Gasteiger partial charge in [0, 0.05) is 25.5 Å². The van der Waals surface area contributed by atoms with Crippen molar-refractivity contribution < 1.29 is 0 Å². The summed E-state index contributed by atoms with van der Waals surface area (Å²) in [4.78, 5) is 2.58. The molecule has 3 nitrogen and oxygen atoms in total. The van der Waals surface area contributed by atoms with E-state index in [0.29, 0.717) is 0 Å². The summed E-state index contributed by atoms with van der Waals surface area (Å²) in [6.45, 7) is 9.40. The van der Waals surface area contributed by atoms with E-state index in [0.717, 1.165) is 19.6 Å². The van der Waals surface area contributed by atoms with Gasteiger partial charge in [0.25, 0.3) is 0 Å². The number of aromatic nitrogens is 1. The molecular formula is C15H27N3. The van der Waals surface area contributed by atoms with Gasteiger partial charge >= 0.3 is 0 Å². The van der Waals surface area contributed by atoms with Crippen LogP contribution >= 0.6 is 0 Å². The average Bonchev–Trinajstić information content (AvgIpc) is 3.01. The van der Waals surface area contributed by atoms with Crippen LogP contribution in [0.15, 0.2) is 18.5 Å². The molecule has 1 aliphatic heterocycles. The number of rotatable bonds is 8. The number of hydrogen-bond donors (Lipinski definition) is 1. The van der Waals surface area contributed by atoms with Crippen molar-refractivity contribution in [1.82, 2.24) is 14.8 Å². The lowest BCUT2D eigenvalue weighted by Gasteiger charge is -2.14. The third-order valence-electron chi connectivity index (χ3n) is 3.65. The molecule has 1 saturated heterocycles. The topological polar surface area (TPSA) is 20.2 Å². The summed E-state index contributed by atoms with van der Waals surface area (Å²) in [6, 6.07) is 2.23. The molecule has 0 radical (unpaired) electrons. The predicted octanol–water partition coefficient (Wildman–Crippen LogP) is 2.47. The third kappa shape index (κ3) is 4.46. The second-order valence-corrected chi connectivity index (χ2v) is 5.34. The largest absolute Gasteiger partial charge is 0.354 e. The van der Waals surface area contributed by atoms with Crippen molar-refractivity contribution in [3.05, 3.63) is 24.0 Å². The molecule has 18 heavy (non-hydrogen) atoms. The van der Waals surface area contributed by atoms with Crippen LogP contribution in [0.4, 0.5) is 0 Å².